The van der Waals surface area contributed by atoms with Crippen molar-refractivity contribution >= 4 is 0 Å². The van der Waals surface area contributed by atoms with Gasteiger partial charge < -0.3 is 9.47 Å². The van der Waals surface area contributed by atoms with E-state index in [1.165, 1.54) is 0 Å². The molecule has 2 nitrogen and oxygen atoms in total. The monoisotopic (exact) mass is 254 g/mol. The number of hydrogen-bond acceptors (Lipinski definition) is 2. The van der Waals surface area contributed by atoms with Crippen molar-refractivity contribution in [3.05, 3.63) is 35.9 Å². The van der Waals surface area contributed by atoms with Gasteiger partial charge in [-0.15, -0.1) is 0 Å². The van der Waals surface area contributed by atoms with Crippen molar-refractivity contribution in [1.29, 1.82) is 0 Å². The Bertz CT molecular complexity index is 408. The van der Waals surface area contributed by atoms with Crippen molar-refractivity contribution in [2.24, 2.45) is 5.92 Å². The molecule has 0 amide bonds. The third-order valence-corrected chi connectivity index (χ3v) is 3.82. The zero-order valence-electron chi connectivity index (χ0n) is 10.0. The Hall–Kier alpha value is -1.00. The zero-order valence-corrected chi connectivity index (χ0v) is 10.0. The Labute approximate surface area is 105 Å². The van der Waals surface area contributed by atoms with Crippen LogP contribution < -0.4 is 0 Å². The Morgan fingerprint density at radius 2 is 2.00 bits per heavy atom. The number of fused-ring (bicyclic) bond motifs is 1. The van der Waals surface area contributed by atoms with E-state index in [2.05, 4.69) is 0 Å². The van der Waals surface area contributed by atoms with E-state index in [1.807, 2.05) is 30.3 Å². The van der Waals surface area contributed by atoms with Crippen LogP contribution in [0.25, 0.3) is 0 Å². The van der Waals surface area contributed by atoms with Crippen LogP contribution in [0.5, 0.6) is 0 Å². The van der Waals surface area contributed by atoms with Gasteiger partial charge in [-0.05, 0) is 12.0 Å². The molecule has 1 saturated heterocycles. The minimum absolute atomic E-state index is 0.105. The fraction of sp³-hybridized carbons (Fsp3) is 0.571. The van der Waals surface area contributed by atoms with Gasteiger partial charge in [-0.1, -0.05) is 30.3 Å². The molecule has 0 N–H and O–H groups in total. The van der Waals surface area contributed by atoms with Gasteiger partial charge in [0.25, 0.3) is 5.92 Å². The van der Waals surface area contributed by atoms with Crippen LogP contribution in [0.3, 0.4) is 0 Å². The predicted octanol–water partition coefficient (Wildman–Crippen LogP) is 3.02. The quantitative estimate of drug-likeness (QED) is 0.825. The minimum Gasteiger partial charge on any atom is -0.373 e. The molecule has 98 valence electrons. The summed E-state index contributed by atoms with van der Waals surface area (Å²) >= 11 is 0. The third kappa shape index (κ3) is 2.27. The summed E-state index contributed by atoms with van der Waals surface area (Å²) in [7, 11) is 0. The van der Waals surface area contributed by atoms with Crippen molar-refractivity contribution in [2.45, 2.75) is 37.6 Å². The molecule has 1 aromatic carbocycles. The van der Waals surface area contributed by atoms with Crippen LogP contribution in [0.4, 0.5) is 8.78 Å². The normalized spacial score (nSPS) is 33.6. The molecule has 18 heavy (non-hydrogen) atoms. The van der Waals surface area contributed by atoms with Crippen molar-refractivity contribution < 1.29 is 18.3 Å². The number of halogens is 2. The fourth-order valence-corrected chi connectivity index (χ4v) is 2.83. The summed E-state index contributed by atoms with van der Waals surface area (Å²) in [4.78, 5) is 0. The topological polar surface area (TPSA) is 18.5 Å². The van der Waals surface area contributed by atoms with Crippen LogP contribution in [0.15, 0.2) is 30.3 Å². The van der Waals surface area contributed by atoms with Gasteiger partial charge in [0.1, 0.15) is 6.61 Å². The van der Waals surface area contributed by atoms with Crippen LogP contribution >= 0.6 is 0 Å². The maximum absolute atomic E-state index is 13.5. The highest BCUT2D eigenvalue weighted by molar-refractivity contribution is 5.13. The van der Waals surface area contributed by atoms with Gasteiger partial charge >= 0.3 is 0 Å². The van der Waals surface area contributed by atoms with Gasteiger partial charge in [0, 0.05) is 6.42 Å². The second-order valence-electron chi connectivity index (χ2n) is 5.11. The first-order valence-electron chi connectivity index (χ1n) is 6.30. The summed E-state index contributed by atoms with van der Waals surface area (Å²) in [5.74, 6) is -3.33. The molecule has 2 fully saturated rings. The molecule has 3 rings (SSSR count). The first-order valence-corrected chi connectivity index (χ1v) is 6.30. The highest BCUT2D eigenvalue weighted by Gasteiger charge is 2.55. The van der Waals surface area contributed by atoms with Crippen LogP contribution in [0.2, 0.25) is 0 Å². The molecule has 3 atom stereocenters. The molecule has 1 saturated carbocycles. The molecule has 0 bridgehead atoms. The lowest BCUT2D eigenvalue weighted by Gasteiger charge is -2.16. The van der Waals surface area contributed by atoms with E-state index in [0.29, 0.717) is 19.4 Å². The summed E-state index contributed by atoms with van der Waals surface area (Å²) in [6, 6.07) is 9.78. The highest BCUT2D eigenvalue weighted by Crippen LogP contribution is 2.46. The molecule has 1 heterocycles. The van der Waals surface area contributed by atoms with Gasteiger partial charge in [-0.25, -0.2) is 8.78 Å². The van der Waals surface area contributed by atoms with Gasteiger partial charge in [-0.2, -0.15) is 0 Å². The zero-order chi connectivity index (χ0) is 12.6. The van der Waals surface area contributed by atoms with Crippen LogP contribution in [-0.2, 0) is 16.1 Å². The molecule has 2 aliphatic rings. The van der Waals surface area contributed by atoms with E-state index in [-0.39, 0.29) is 12.2 Å². The molecule has 0 unspecified atom stereocenters. The van der Waals surface area contributed by atoms with Gasteiger partial charge in [-0.3, -0.25) is 0 Å². The Kier molecular flexibility index (Phi) is 3.08. The molecular weight excluding hydrogens is 238 g/mol. The van der Waals surface area contributed by atoms with Crippen molar-refractivity contribution in [2.75, 3.05) is 6.61 Å². The van der Waals surface area contributed by atoms with Crippen LogP contribution in [0.1, 0.15) is 18.4 Å². The maximum atomic E-state index is 13.5. The Balaban J connectivity index is 1.55. The van der Waals surface area contributed by atoms with E-state index in [0.717, 1.165) is 5.56 Å². The molecule has 0 aromatic heterocycles. The predicted molar refractivity (Wildman–Crippen MR) is 62.4 cm³/mol. The molecular formula is C14H16F2O2. The number of ether oxygens (including phenoxy) is 2. The first kappa shape index (κ1) is 12.1. The molecule has 4 heteroatoms. The number of rotatable bonds is 3. The van der Waals surface area contributed by atoms with Crippen LogP contribution in [0, 0.1) is 5.92 Å². The van der Waals surface area contributed by atoms with E-state index < -0.39 is 18.4 Å². The number of benzene rings is 1. The molecule has 1 aromatic rings. The van der Waals surface area contributed by atoms with Crippen molar-refractivity contribution in [3.8, 4) is 0 Å². The summed E-state index contributed by atoms with van der Waals surface area (Å²) in [6.45, 7) is 0.0598. The SMILES string of the molecule is FC1(F)CO[C@H]2C[C@H](OCc3ccccc3)C[C@H]21. The summed E-state index contributed by atoms with van der Waals surface area (Å²) < 4.78 is 37.8. The largest absolute Gasteiger partial charge is 0.373 e. The fourth-order valence-electron chi connectivity index (χ4n) is 2.83. The van der Waals surface area contributed by atoms with E-state index >= 15 is 0 Å². The third-order valence-electron chi connectivity index (χ3n) is 3.82. The summed E-state index contributed by atoms with van der Waals surface area (Å²) in [6.07, 6.45) is 0.574. The van der Waals surface area contributed by atoms with Gasteiger partial charge in [0.2, 0.25) is 0 Å². The lowest BCUT2D eigenvalue weighted by molar-refractivity contribution is -0.0554. The lowest BCUT2D eigenvalue weighted by Crippen LogP contribution is -2.27. The van der Waals surface area contributed by atoms with E-state index in [1.54, 1.807) is 0 Å². The second-order valence-corrected chi connectivity index (χ2v) is 5.11. The Morgan fingerprint density at radius 1 is 1.22 bits per heavy atom. The molecule has 1 aliphatic heterocycles. The molecule has 0 spiro atoms. The second kappa shape index (κ2) is 4.59. The van der Waals surface area contributed by atoms with Crippen molar-refractivity contribution in [3.63, 3.8) is 0 Å². The smallest absolute Gasteiger partial charge is 0.276 e. The number of alkyl halides is 2. The van der Waals surface area contributed by atoms with Crippen LogP contribution in [-0.4, -0.2) is 24.7 Å². The number of hydrogen-bond donors (Lipinski definition) is 0. The molecule has 0 radical (unpaired) electrons. The van der Waals surface area contributed by atoms with Crippen molar-refractivity contribution in [1.82, 2.24) is 0 Å². The maximum Gasteiger partial charge on any atom is 0.276 e. The molecule has 1 aliphatic carbocycles. The highest BCUT2D eigenvalue weighted by atomic mass is 19.3. The lowest BCUT2D eigenvalue weighted by atomic mass is 10.0. The van der Waals surface area contributed by atoms with E-state index in [9.17, 15) is 8.78 Å². The van der Waals surface area contributed by atoms with Gasteiger partial charge in [0.15, 0.2) is 0 Å². The van der Waals surface area contributed by atoms with E-state index in [4.69, 9.17) is 9.47 Å². The average molecular weight is 254 g/mol. The standard InChI is InChI=1S/C14H16F2O2/c15-14(16)9-18-13-7-11(6-12(13)14)17-8-10-4-2-1-3-5-10/h1-5,11-13H,6-9H2/t11-,12-,13+/m1/s1. The summed E-state index contributed by atoms with van der Waals surface area (Å²) in [5.41, 5.74) is 1.07. The summed E-state index contributed by atoms with van der Waals surface area (Å²) in [5, 5.41) is 0. The first-order chi connectivity index (χ1) is 8.65. The minimum atomic E-state index is -2.67. The average Bonchev–Trinajstić information content (AvgIpc) is 2.90. The Morgan fingerprint density at radius 3 is 2.72 bits per heavy atom. The van der Waals surface area contributed by atoms with Gasteiger partial charge in [0.05, 0.1) is 24.7 Å².